The minimum Gasteiger partial charge on any atom is -0.502 e. The van der Waals surface area contributed by atoms with Crippen LogP contribution in [0.2, 0.25) is 0 Å². The monoisotopic (exact) mass is 282 g/mol. The SMILES string of the molecule is C=COCCCCOS(=O)(=O)c1ccc(C=C)cc1. The Bertz CT molecular complexity index is 503. The fourth-order valence-electron chi connectivity index (χ4n) is 1.38. The van der Waals surface area contributed by atoms with E-state index in [9.17, 15) is 8.42 Å². The van der Waals surface area contributed by atoms with E-state index in [-0.39, 0.29) is 11.5 Å². The first-order valence-corrected chi connectivity index (χ1v) is 7.35. The number of hydrogen-bond donors (Lipinski definition) is 0. The van der Waals surface area contributed by atoms with Gasteiger partial charge in [-0.15, -0.1) is 0 Å². The van der Waals surface area contributed by atoms with E-state index in [2.05, 4.69) is 13.2 Å². The van der Waals surface area contributed by atoms with Gasteiger partial charge >= 0.3 is 0 Å². The van der Waals surface area contributed by atoms with Crippen molar-refractivity contribution in [3.63, 3.8) is 0 Å². The molecule has 0 aliphatic heterocycles. The number of ether oxygens (including phenoxy) is 1. The van der Waals surface area contributed by atoms with E-state index in [1.807, 2.05) is 0 Å². The van der Waals surface area contributed by atoms with Crippen molar-refractivity contribution < 1.29 is 17.3 Å². The summed E-state index contributed by atoms with van der Waals surface area (Å²) in [5.74, 6) is 0. The Balaban J connectivity index is 2.46. The molecule has 0 aliphatic rings. The topological polar surface area (TPSA) is 52.6 Å². The summed E-state index contributed by atoms with van der Waals surface area (Å²) in [7, 11) is -3.67. The van der Waals surface area contributed by atoms with Crippen LogP contribution in [0.15, 0.2) is 48.6 Å². The first-order chi connectivity index (χ1) is 9.10. The molecule has 0 heterocycles. The van der Waals surface area contributed by atoms with Gasteiger partial charge in [-0.2, -0.15) is 8.42 Å². The summed E-state index contributed by atoms with van der Waals surface area (Å²) in [5, 5.41) is 0. The Morgan fingerprint density at radius 3 is 2.26 bits per heavy atom. The lowest BCUT2D eigenvalue weighted by Gasteiger charge is -2.06. The molecular formula is C14H18O4S. The summed E-state index contributed by atoms with van der Waals surface area (Å²) in [6, 6.07) is 6.38. The Kier molecular flexibility index (Phi) is 6.32. The predicted octanol–water partition coefficient (Wildman–Crippen LogP) is 2.98. The number of benzene rings is 1. The van der Waals surface area contributed by atoms with Crippen molar-refractivity contribution in [3.05, 3.63) is 49.2 Å². The lowest BCUT2D eigenvalue weighted by molar-refractivity contribution is 0.227. The zero-order chi connectivity index (χ0) is 14.1. The average Bonchev–Trinajstić information content (AvgIpc) is 2.43. The van der Waals surface area contributed by atoms with Crippen molar-refractivity contribution in [2.24, 2.45) is 0 Å². The molecule has 0 aromatic heterocycles. The Morgan fingerprint density at radius 2 is 1.68 bits per heavy atom. The summed E-state index contributed by atoms with van der Waals surface area (Å²) >= 11 is 0. The summed E-state index contributed by atoms with van der Waals surface area (Å²) in [6.45, 7) is 7.68. The second-order valence-electron chi connectivity index (χ2n) is 3.79. The third-order valence-electron chi connectivity index (χ3n) is 2.42. The van der Waals surface area contributed by atoms with Crippen molar-refractivity contribution in [2.45, 2.75) is 17.7 Å². The molecular weight excluding hydrogens is 264 g/mol. The van der Waals surface area contributed by atoms with E-state index < -0.39 is 10.1 Å². The van der Waals surface area contributed by atoms with Crippen LogP contribution in [0, 0.1) is 0 Å². The molecule has 0 bridgehead atoms. The molecule has 4 nitrogen and oxygen atoms in total. The summed E-state index contributed by atoms with van der Waals surface area (Å²) in [5.41, 5.74) is 0.862. The van der Waals surface area contributed by atoms with Crippen LogP contribution in [0.25, 0.3) is 6.08 Å². The van der Waals surface area contributed by atoms with Crippen LogP contribution in [0.1, 0.15) is 18.4 Å². The van der Waals surface area contributed by atoms with E-state index in [0.29, 0.717) is 13.0 Å². The Morgan fingerprint density at radius 1 is 1.05 bits per heavy atom. The van der Waals surface area contributed by atoms with Crippen LogP contribution in [0.4, 0.5) is 0 Å². The summed E-state index contributed by atoms with van der Waals surface area (Å²) < 4.78 is 33.5. The predicted molar refractivity (Wildman–Crippen MR) is 75.1 cm³/mol. The average molecular weight is 282 g/mol. The van der Waals surface area contributed by atoms with Crippen LogP contribution < -0.4 is 0 Å². The lowest BCUT2D eigenvalue weighted by atomic mass is 10.2. The van der Waals surface area contributed by atoms with Gasteiger partial charge in [-0.3, -0.25) is 4.18 Å². The summed E-state index contributed by atoms with van der Waals surface area (Å²) in [6.07, 6.45) is 4.34. The highest BCUT2D eigenvalue weighted by atomic mass is 32.2. The zero-order valence-electron chi connectivity index (χ0n) is 10.7. The first-order valence-electron chi connectivity index (χ1n) is 5.94. The normalized spacial score (nSPS) is 10.9. The molecule has 0 spiro atoms. The van der Waals surface area contributed by atoms with Gasteiger partial charge in [0.1, 0.15) is 0 Å². The largest absolute Gasteiger partial charge is 0.502 e. The molecule has 1 aromatic carbocycles. The van der Waals surface area contributed by atoms with Gasteiger partial charge in [0.2, 0.25) is 0 Å². The maximum atomic E-state index is 11.8. The highest BCUT2D eigenvalue weighted by Crippen LogP contribution is 2.14. The fourth-order valence-corrected chi connectivity index (χ4v) is 2.32. The van der Waals surface area contributed by atoms with Gasteiger partial charge in [-0.05, 0) is 30.5 Å². The molecule has 0 aliphatic carbocycles. The third-order valence-corrected chi connectivity index (χ3v) is 3.74. The van der Waals surface area contributed by atoms with Crippen LogP contribution in [0.5, 0.6) is 0 Å². The molecule has 0 N–H and O–H groups in total. The van der Waals surface area contributed by atoms with Crippen molar-refractivity contribution in [1.82, 2.24) is 0 Å². The number of rotatable bonds is 9. The van der Waals surface area contributed by atoms with Crippen molar-refractivity contribution in [2.75, 3.05) is 13.2 Å². The molecule has 19 heavy (non-hydrogen) atoms. The molecule has 0 amide bonds. The van der Waals surface area contributed by atoms with Crippen molar-refractivity contribution in [3.8, 4) is 0 Å². The second kappa shape index (κ2) is 7.76. The van der Waals surface area contributed by atoms with Gasteiger partial charge in [0, 0.05) is 0 Å². The molecule has 0 fully saturated rings. The zero-order valence-corrected chi connectivity index (χ0v) is 11.6. The minimum absolute atomic E-state index is 0.145. The number of hydrogen-bond acceptors (Lipinski definition) is 4. The molecule has 0 unspecified atom stereocenters. The standard InChI is InChI=1S/C14H18O4S/c1-3-13-7-9-14(10-8-13)19(15,16)18-12-6-5-11-17-4-2/h3-4,7-10H,1-2,5-6,11-12H2. The van der Waals surface area contributed by atoms with Crippen LogP contribution in [-0.4, -0.2) is 21.6 Å². The van der Waals surface area contributed by atoms with Gasteiger partial charge in [0.15, 0.2) is 0 Å². The molecule has 0 radical (unpaired) electrons. The molecule has 0 saturated carbocycles. The molecule has 1 rings (SSSR count). The Hall–Kier alpha value is -1.59. The van der Waals surface area contributed by atoms with Crippen LogP contribution in [-0.2, 0) is 19.0 Å². The smallest absolute Gasteiger partial charge is 0.296 e. The molecule has 5 heteroatoms. The highest BCUT2D eigenvalue weighted by molar-refractivity contribution is 7.86. The quantitative estimate of drug-likeness (QED) is 0.397. The van der Waals surface area contributed by atoms with E-state index >= 15 is 0 Å². The van der Waals surface area contributed by atoms with Gasteiger partial charge < -0.3 is 4.74 Å². The van der Waals surface area contributed by atoms with Crippen molar-refractivity contribution in [1.29, 1.82) is 0 Å². The molecule has 0 atom stereocenters. The molecule has 104 valence electrons. The highest BCUT2D eigenvalue weighted by Gasteiger charge is 2.14. The van der Waals surface area contributed by atoms with Gasteiger partial charge in [0.05, 0.1) is 24.4 Å². The molecule has 1 aromatic rings. The summed E-state index contributed by atoms with van der Waals surface area (Å²) in [4.78, 5) is 0.153. The fraction of sp³-hybridized carbons (Fsp3) is 0.286. The minimum atomic E-state index is -3.67. The lowest BCUT2D eigenvalue weighted by Crippen LogP contribution is -2.08. The van der Waals surface area contributed by atoms with Gasteiger partial charge in [-0.25, -0.2) is 0 Å². The Labute approximate surface area is 114 Å². The number of unbranched alkanes of at least 4 members (excludes halogenated alkanes) is 1. The van der Waals surface area contributed by atoms with Crippen LogP contribution in [0.3, 0.4) is 0 Å². The van der Waals surface area contributed by atoms with E-state index in [0.717, 1.165) is 12.0 Å². The molecule has 0 saturated heterocycles. The third kappa shape index (κ3) is 5.28. The van der Waals surface area contributed by atoms with E-state index in [4.69, 9.17) is 8.92 Å². The maximum absolute atomic E-state index is 11.8. The maximum Gasteiger partial charge on any atom is 0.296 e. The van der Waals surface area contributed by atoms with Gasteiger partial charge in [0.25, 0.3) is 10.1 Å². The van der Waals surface area contributed by atoms with E-state index in [1.54, 1.807) is 18.2 Å². The van der Waals surface area contributed by atoms with E-state index in [1.165, 1.54) is 18.4 Å². The van der Waals surface area contributed by atoms with Crippen LogP contribution >= 0.6 is 0 Å². The van der Waals surface area contributed by atoms with Crippen molar-refractivity contribution >= 4 is 16.2 Å². The first kappa shape index (κ1) is 15.5. The van der Waals surface area contributed by atoms with Gasteiger partial charge in [-0.1, -0.05) is 31.4 Å². The second-order valence-corrected chi connectivity index (χ2v) is 5.41.